The summed E-state index contributed by atoms with van der Waals surface area (Å²) < 4.78 is 36.0. The van der Waals surface area contributed by atoms with Gasteiger partial charge in [0.05, 0.1) is 0 Å². The van der Waals surface area contributed by atoms with E-state index in [0.717, 1.165) is 23.6 Å². The van der Waals surface area contributed by atoms with E-state index in [1.165, 1.54) is 0 Å². The van der Waals surface area contributed by atoms with Crippen molar-refractivity contribution in [3.8, 4) is 0 Å². The zero-order valence-electron chi connectivity index (χ0n) is 9.88. The van der Waals surface area contributed by atoms with Crippen LogP contribution < -0.4 is 0 Å². The fraction of sp³-hybridized carbons (Fsp3) is 0.286. The van der Waals surface area contributed by atoms with Gasteiger partial charge in [-0.2, -0.15) is 13.2 Å². The van der Waals surface area contributed by atoms with Crippen LogP contribution in [0.5, 0.6) is 0 Å². The second kappa shape index (κ2) is 5.71. The quantitative estimate of drug-likeness (QED) is 0.697. The third-order valence-electron chi connectivity index (χ3n) is 2.29. The van der Waals surface area contributed by atoms with Gasteiger partial charge >= 0.3 is 6.18 Å². The van der Waals surface area contributed by atoms with Gasteiger partial charge in [-0.3, -0.25) is 0 Å². The molecule has 0 heterocycles. The zero-order valence-corrected chi connectivity index (χ0v) is 9.88. The van der Waals surface area contributed by atoms with Crippen LogP contribution in [0, 0.1) is 6.92 Å². The van der Waals surface area contributed by atoms with Gasteiger partial charge in [-0.25, -0.2) is 0 Å². The number of allylic oxidation sites excluding steroid dienone is 2. The van der Waals surface area contributed by atoms with Gasteiger partial charge in [0.15, 0.2) is 0 Å². The highest BCUT2D eigenvalue weighted by molar-refractivity contribution is 5.59. The summed E-state index contributed by atoms with van der Waals surface area (Å²) in [6.45, 7) is 3.92. The smallest absolute Gasteiger partial charge is 0.167 e. The van der Waals surface area contributed by atoms with Crippen LogP contribution in [-0.2, 0) is 0 Å². The third-order valence-corrected chi connectivity index (χ3v) is 2.29. The standard InChI is InChI=1S/C14H15F3/c1-3-4-5-13-7-6-12(10-11(13)2)8-9-14(15,16)17/h4-10H,3H2,1-2H3/b5-4?,9-8+. The van der Waals surface area contributed by atoms with Crippen LogP contribution in [0.2, 0.25) is 0 Å². The van der Waals surface area contributed by atoms with Gasteiger partial charge in [-0.15, -0.1) is 0 Å². The van der Waals surface area contributed by atoms with E-state index in [1.807, 2.05) is 32.1 Å². The van der Waals surface area contributed by atoms with Gasteiger partial charge in [0, 0.05) is 6.08 Å². The van der Waals surface area contributed by atoms with Crippen LogP contribution in [0.4, 0.5) is 13.2 Å². The summed E-state index contributed by atoms with van der Waals surface area (Å²) >= 11 is 0. The fourth-order valence-corrected chi connectivity index (χ4v) is 1.43. The van der Waals surface area contributed by atoms with E-state index in [-0.39, 0.29) is 6.08 Å². The topological polar surface area (TPSA) is 0 Å². The van der Waals surface area contributed by atoms with Crippen LogP contribution in [0.25, 0.3) is 12.2 Å². The normalized spacial score (nSPS) is 12.8. The molecule has 0 saturated heterocycles. The molecule has 92 valence electrons. The van der Waals surface area contributed by atoms with E-state index >= 15 is 0 Å². The van der Waals surface area contributed by atoms with Crippen molar-refractivity contribution in [2.24, 2.45) is 0 Å². The first-order valence-electron chi connectivity index (χ1n) is 5.45. The van der Waals surface area contributed by atoms with E-state index in [1.54, 1.807) is 12.1 Å². The number of alkyl halides is 3. The molecule has 0 bridgehead atoms. The highest BCUT2D eigenvalue weighted by atomic mass is 19.4. The van der Waals surface area contributed by atoms with Gasteiger partial charge in [0.1, 0.15) is 0 Å². The Kier molecular flexibility index (Phi) is 4.55. The lowest BCUT2D eigenvalue weighted by molar-refractivity contribution is -0.0790. The van der Waals surface area contributed by atoms with Crippen molar-refractivity contribution in [3.63, 3.8) is 0 Å². The van der Waals surface area contributed by atoms with Gasteiger partial charge < -0.3 is 0 Å². The van der Waals surface area contributed by atoms with Gasteiger partial charge in [0.2, 0.25) is 0 Å². The first-order chi connectivity index (χ1) is 7.92. The van der Waals surface area contributed by atoms with Crippen LogP contribution in [0.15, 0.2) is 30.4 Å². The molecule has 3 heteroatoms. The van der Waals surface area contributed by atoms with Crippen molar-refractivity contribution < 1.29 is 13.2 Å². The maximum atomic E-state index is 12.0. The molecule has 0 unspecified atom stereocenters. The molecule has 0 atom stereocenters. The Morgan fingerprint density at radius 2 is 1.88 bits per heavy atom. The number of hydrogen-bond donors (Lipinski definition) is 0. The summed E-state index contributed by atoms with van der Waals surface area (Å²) in [6.07, 6.45) is 2.02. The van der Waals surface area contributed by atoms with E-state index < -0.39 is 6.18 Å². The molecule has 0 amide bonds. The lowest BCUT2D eigenvalue weighted by Crippen LogP contribution is -2.00. The average molecular weight is 240 g/mol. The first kappa shape index (κ1) is 13.6. The molecule has 0 N–H and O–H groups in total. The minimum atomic E-state index is -4.26. The minimum Gasteiger partial charge on any atom is -0.167 e. The molecular formula is C14H15F3. The Hall–Kier alpha value is -1.51. The Labute approximate surface area is 99.5 Å². The van der Waals surface area contributed by atoms with Gasteiger partial charge in [0.25, 0.3) is 0 Å². The molecule has 1 aromatic carbocycles. The molecule has 0 aliphatic rings. The molecule has 0 radical (unpaired) electrons. The van der Waals surface area contributed by atoms with E-state index in [9.17, 15) is 13.2 Å². The number of halogens is 3. The summed E-state index contributed by atoms with van der Waals surface area (Å²) in [4.78, 5) is 0. The second-order valence-corrected chi connectivity index (χ2v) is 3.80. The molecule has 0 aliphatic heterocycles. The zero-order chi connectivity index (χ0) is 12.9. The molecule has 0 aliphatic carbocycles. The molecule has 17 heavy (non-hydrogen) atoms. The van der Waals surface area contributed by atoms with Crippen molar-refractivity contribution in [2.45, 2.75) is 26.4 Å². The van der Waals surface area contributed by atoms with Crippen LogP contribution in [-0.4, -0.2) is 6.18 Å². The third kappa shape index (κ3) is 4.89. The van der Waals surface area contributed by atoms with E-state index in [2.05, 4.69) is 0 Å². The summed E-state index contributed by atoms with van der Waals surface area (Å²) in [5.41, 5.74) is 2.57. The molecule has 0 aromatic heterocycles. The highest BCUT2D eigenvalue weighted by Gasteiger charge is 2.21. The Balaban J connectivity index is 2.89. The Morgan fingerprint density at radius 3 is 2.41 bits per heavy atom. The van der Waals surface area contributed by atoms with Gasteiger partial charge in [-0.05, 0) is 30.0 Å². The summed E-state index contributed by atoms with van der Waals surface area (Å²) in [5, 5.41) is 0. The highest BCUT2D eigenvalue weighted by Crippen LogP contribution is 2.19. The van der Waals surface area contributed by atoms with Gasteiger partial charge in [-0.1, -0.05) is 43.4 Å². The van der Waals surface area contributed by atoms with Crippen LogP contribution >= 0.6 is 0 Å². The molecular weight excluding hydrogens is 225 g/mol. The monoisotopic (exact) mass is 240 g/mol. The lowest BCUT2D eigenvalue weighted by Gasteiger charge is -2.03. The van der Waals surface area contributed by atoms with E-state index in [0.29, 0.717) is 5.56 Å². The molecule has 1 aromatic rings. The molecule has 0 spiro atoms. The number of rotatable bonds is 3. The summed E-state index contributed by atoms with van der Waals surface area (Å²) in [7, 11) is 0. The Morgan fingerprint density at radius 1 is 1.18 bits per heavy atom. The van der Waals surface area contributed by atoms with E-state index in [4.69, 9.17) is 0 Å². The average Bonchev–Trinajstić information content (AvgIpc) is 2.24. The predicted molar refractivity (Wildman–Crippen MR) is 65.6 cm³/mol. The lowest BCUT2D eigenvalue weighted by atomic mass is 10.0. The second-order valence-electron chi connectivity index (χ2n) is 3.80. The maximum Gasteiger partial charge on any atom is 0.409 e. The molecule has 1 rings (SSSR count). The largest absolute Gasteiger partial charge is 0.409 e. The maximum absolute atomic E-state index is 12.0. The SMILES string of the molecule is CCC=Cc1ccc(/C=C/C(F)(F)F)cc1C. The number of hydrogen-bond acceptors (Lipinski definition) is 0. The van der Waals surface area contributed by atoms with Crippen molar-refractivity contribution in [3.05, 3.63) is 47.0 Å². The molecule has 0 fully saturated rings. The number of benzene rings is 1. The van der Waals surface area contributed by atoms with Crippen molar-refractivity contribution in [2.75, 3.05) is 0 Å². The van der Waals surface area contributed by atoms with Crippen molar-refractivity contribution in [1.82, 2.24) is 0 Å². The number of aryl methyl sites for hydroxylation is 1. The summed E-state index contributed by atoms with van der Waals surface area (Å²) in [5.74, 6) is 0. The minimum absolute atomic E-state index is 0.253. The first-order valence-corrected chi connectivity index (χ1v) is 5.45. The summed E-state index contributed by atoms with van der Waals surface area (Å²) in [6, 6.07) is 5.26. The Bertz CT molecular complexity index is 426. The molecule has 0 nitrogen and oxygen atoms in total. The fourth-order valence-electron chi connectivity index (χ4n) is 1.43. The van der Waals surface area contributed by atoms with Crippen LogP contribution in [0.3, 0.4) is 0 Å². The van der Waals surface area contributed by atoms with Crippen molar-refractivity contribution >= 4 is 12.2 Å². The molecule has 0 saturated carbocycles. The van der Waals surface area contributed by atoms with Crippen LogP contribution in [0.1, 0.15) is 30.0 Å². The predicted octanol–water partition coefficient (Wildman–Crippen LogP) is 4.99. The van der Waals surface area contributed by atoms with Crippen molar-refractivity contribution in [1.29, 1.82) is 0 Å².